The molecule has 0 spiro atoms. The van der Waals surface area contributed by atoms with Crippen LogP contribution in [0.2, 0.25) is 0 Å². The molecule has 5 aromatic rings. The van der Waals surface area contributed by atoms with Crippen LogP contribution in [0.4, 0.5) is 27.3 Å². The summed E-state index contributed by atoms with van der Waals surface area (Å²) in [5.41, 5.74) is 0.669. The van der Waals surface area contributed by atoms with Gasteiger partial charge in [0, 0.05) is 23.4 Å². The van der Waals surface area contributed by atoms with Crippen LogP contribution >= 0.6 is 11.3 Å². The average molecular weight is 557 g/mol. The van der Waals surface area contributed by atoms with Gasteiger partial charge in [-0.2, -0.15) is 5.10 Å². The predicted molar refractivity (Wildman–Crippen MR) is 155 cm³/mol. The third-order valence-corrected chi connectivity index (χ3v) is 7.87. The van der Waals surface area contributed by atoms with Crippen LogP contribution in [0.5, 0.6) is 0 Å². The van der Waals surface area contributed by atoms with Gasteiger partial charge in [0.1, 0.15) is 11.5 Å². The second-order valence-corrected chi connectivity index (χ2v) is 11.2. The summed E-state index contributed by atoms with van der Waals surface area (Å²) in [4.78, 5) is 32.3. The Hall–Kier alpha value is -4.61. The molecule has 1 amide bonds. The summed E-state index contributed by atoms with van der Waals surface area (Å²) in [6, 6.07) is 17.7. The van der Waals surface area contributed by atoms with Gasteiger partial charge < -0.3 is 20.6 Å². The highest BCUT2D eigenvalue weighted by molar-refractivity contribution is 7.20. The van der Waals surface area contributed by atoms with Gasteiger partial charge in [-0.1, -0.05) is 24.3 Å². The minimum absolute atomic E-state index is 0.0460. The van der Waals surface area contributed by atoms with E-state index < -0.39 is 22.9 Å². The van der Waals surface area contributed by atoms with Crippen molar-refractivity contribution in [3.8, 4) is 11.3 Å². The van der Waals surface area contributed by atoms with Crippen molar-refractivity contribution in [3.63, 3.8) is 0 Å². The Labute approximate surface area is 232 Å². The molecule has 40 heavy (non-hydrogen) atoms. The Morgan fingerprint density at radius 1 is 1.15 bits per heavy atom. The molecule has 1 saturated heterocycles. The van der Waals surface area contributed by atoms with E-state index >= 15 is 4.39 Å². The first-order chi connectivity index (χ1) is 19.2. The van der Waals surface area contributed by atoms with E-state index in [1.165, 1.54) is 17.4 Å². The number of rotatable bonds is 6. The summed E-state index contributed by atoms with van der Waals surface area (Å²) in [6.07, 6.45) is 1.65. The lowest BCUT2D eigenvalue weighted by molar-refractivity contribution is 0.0310. The van der Waals surface area contributed by atoms with Crippen LogP contribution in [-0.2, 0) is 0 Å². The predicted octanol–water partition coefficient (Wildman–Crippen LogP) is 5.06. The molecular weight excluding hydrogens is 531 g/mol. The van der Waals surface area contributed by atoms with Crippen molar-refractivity contribution in [1.82, 2.24) is 15.2 Å². The van der Waals surface area contributed by atoms with Gasteiger partial charge in [-0.25, -0.2) is 14.5 Å². The number of aliphatic hydroxyl groups is 1. The zero-order chi connectivity index (χ0) is 28.0. The molecule has 0 bridgehead atoms. The number of thiophene rings is 1. The summed E-state index contributed by atoms with van der Waals surface area (Å²) < 4.78 is 16.7. The van der Waals surface area contributed by atoms with E-state index in [0.717, 1.165) is 15.8 Å². The van der Waals surface area contributed by atoms with Crippen molar-refractivity contribution in [1.29, 1.82) is 0 Å². The van der Waals surface area contributed by atoms with Crippen molar-refractivity contribution in [2.24, 2.45) is 0 Å². The molecule has 0 radical (unpaired) electrons. The number of nitrogens with zero attached hydrogens (tertiary/aromatic N) is 3. The third kappa shape index (κ3) is 4.92. The van der Waals surface area contributed by atoms with Gasteiger partial charge in [-0.15, -0.1) is 11.3 Å². The summed E-state index contributed by atoms with van der Waals surface area (Å²) in [6.45, 7) is 4.52. The molecule has 202 valence electrons. The largest absolute Gasteiger partial charge is 0.386 e. The quantitative estimate of drug-likeness (QED) is 0.231. The van der Waals surface area contributed by atoms with Crippen molar-refractivity contribution >= 4 is 50.2 Å². The maximum absolute atomic E-state index is 15.8. The molecule has 1 aliphatic rings. The van der Waals surface area contributed by atoms with Crippen molar-refractivity contribution in [3.05, 3.63) is 93.5 Å². The Balaban J connectivity index is 1.24. The van der Waals surface area contributed by atoms with E-state index in [1.54, 1.807) is 44.3 Å². The smallest absolute Gasteiger partial charge is 0.287 e. The number of H-pyrrole nitrogens is 1. The van der Waals surface area contributed by atoms with Crippen LogP contribution in [0, 0.1) is 12.7 Å². The lowest BCUT2D eigenvalue weighted by Crippen LogP contribution is -2.60. The molecule has 4 heterocycles. The number of aromatic amines is 1. The van der Waals surface area contributed by atoms with Gasteiger partial charge in [-0.3, -0.25) is 9.59 Å². The number of anilines is 4. The number of amides is 1. The molecule has 1 aliphatic heterocycles. The van der Waals surface area contributed by atoms with E-state index in [0.29, 0.717) is 29.3 Å². The molecule has 0 saturated carbocycles. The van der Waals surface area contributed by atoms with Crippen molar-refractivity contribution in [2.45, 2.75) is 19.4 Å². The van der Waals surface area contributed by atoms with E-state index in [4.69, 9.17) is 0 Å². The van der Waals surface area contributed by atoms with Crippen LogP contribution < -0.4 is 21.1 Å². The first-order valence-electron chi connectivity index (χ1n) is 12.6. The molecule has 0 unspecified atom stereocenters. The normalized spacial score (nSPS) is 14.2. The van der Waals surface area contributed by atoms with Gasteiger partial charge in [0.15, 0.2) is 5.82 Å². The SMILES string of the molecule is Cc1ccc(-c2cc(Nc3ccc(N4CC(C)(O)C4)cn3)c(=O)[nH]n2)c(F)c1NC(=O)c1cc2ccccc2s1. The topological polar surface area (TPSA) is 123 Å². The number of β-amino-alcohol motifs (C(OH)–C–C–N with tert-alkyl or cyclic N) is 1. The number of fused-ring (bicyclic) bond motifs is 1. The number of benzene rings is 2. The van der Waals surface area contributed by atoms with Gasteiger partial charge in [0.05, 0.1) is 33.7 Å². The van der Waals surface area contributed by atoms with E-state index in [-0.39, 0.29) is 22.6 Å². The highest BCUT2D eigenvalue weighted by atomic mass is 32.1. The second-order valence-electron chi connectivity index (χ2n) is 10.1. The van der Waals surface area contributed by atoms with Crippen LogP contribution in [0.1, 0.15) is 22.2 Å². The number of pyridine rings is 1. The number of aromatic nitrogens is 3. The zero-order valence-electron chi connectivity index (χ0n) is 21.7. The molecule has 11 heteroatoms. The maximum Gasteiger partial charge on any atom is 0.287 e. The van der Waals surface area contributed by atoms with Crippen LogP contribution in [0.3, 0.4) is 0 Å². The summed E-state index contributed by atoms with van der Waals surface area (Å²) in [5, 5.41) is 23.0. The standard InChI is InChI=1S/C29H25FN6O3S/c1-16-7-9-19(25(30)26(16)33-28(38)23-11-17-5-3-4-6-22(17)40-23)20-12-21(27(37)35-34-20)32-24-10-8-18(13-31-24)36-14-29(2,39)15-36/h3-13,39H,14-15H2,1-2H3,(H,33,38)(H,35,37)(H,31,32,34). The number of nitrogens with one attached hydrogen (secondary N) is 3. The Morgan fingerprint density at radius 3 is 2.67 bits per heavy atom. The number of aryl methyl sites for hydroxylation is 1. The Morgan fingerprint density at radius 2 is 1.95 bits per heavy atom. The number of hydrogen-bond donors (Lipinski definition) is 4. The van der Waals surface area contributed by atoms with Gasteiger partial charge in [0.2, 0.25) is 0 Å². The fourth-order valence-electron chi connectivity index (χ4n) is 4.67. The molecule has 6 rings (SSSR count). The maximum atomic E-state index is 15.8. The molecule has 0 atom stereocenters. The Kier molecular flexibility index (Phi) is 6.32. The fourth-order valence-corrected chi connectivity index (χ4v) is 5.63. The number of carbonyl (C=O) groups is 1. The van der Waals surface area contributed by atoms with E-state index in [2.05, 4.69) is 25.8 Å². The van der Waals surface area contributed by atoms with Crippen LogP contribution in [0.15, 0.2) is 71.7 Å². The average Bonchev–Trinajstić information content (AvgIpc) is 3.36. The molecule has 9 nitrogen and oxygen atoms in total. The number of carbonyl (C=O) groups excluding carboxylic acids is 1. The minimum Gasteiger partial charge on any atom is -0.386 e. The number of hydrogen-bond acceptors (Lipinski definition) is 8. The number of halogens is 1. The van der Waals surface area contributed by atoms with Crippen LogP contribution in [-0.4, -0.2) is 44.9 Å². The van der Waals surface area contributed by atoms with Gasteiger partial charge in [-0.05, 0) is 61.2 Å². The van der Waals surface area contributed by atoms with Crippen LogP contribution in [0.25, 0.3) is 21.3 Å². The fraction of sp³-hybridized carbons (Fsp3) is 0.172. The lowest BCUT2D eigenvalue weighted by atomic mass is 9.96. The first kappa shape index (κ1) is 25.7. The molecule has 3 aromatic heterocycles. The highest BCUT2D eigenvalue weighted by Gasteiger charge is 2.36. The highest BCUT2D eigenvalue weighted by Crippen LogP contribution is 2.32. The molecule has 1 fully saturated rings. The van der Waals surface area contributed by atoms with E-state index in [1.807, 2.05) is 35.2 Å². The minimum atomic E-state index is -0.704. The van der Waals surface area contributed by atoms with Crippen molar-refractivity contribution < 1.29 is 14.3 Å². The third-order valence-electron chi connectivity index (χ3n) is 6.76. The summed E-state index contributed by atoms with van der Waals surface area (Å²) in [5.74, 6) is -0.652. The monoisotopic (exact) mass is 556 g/mol. The second kappa shape index (κ2) is 9.85. The lowest BCUT2D eigenvalue weighted by Gasteiger charge is -2.45. The van der Waals surface area contributed by atoms with Gasteiger partial charge in [0.25, 0.3) is 11.5 Å². The van der Waals surface area contributed by atoms with E-state index in [9.17, 15) is 14.7 Å². The molecule has 0 aliphatic carbocycles. The van der Waals surface area contributed by atoms with Gasteiger partial charge >= 0.3 is 0 Å². The summed E-state index contributed by atoms with van der Waals surface area (Å²) in [7, 11) is 0. The molecule has 4 N–H and O–H groups in total. The summed E-state index contributed by atoms with van der Waals surface area (Å²) >= 11 is 1.33. The van der Waals surface area contributed by atoms with Crippen molar-refractivity contribution in [2.75, 3.05) is 28.6 Å². The first-order valence-corrected chi connectivity index (χ1v) is 13.4. The molecule has 2 aromatic carbocycles. The Bertz CT molecular complexity index is 1770. The zero-order valence-corrected chi connectivity index (χ0v) is 22.5. The molecular formula is C29H25FN6O3S.